The third kappa shape index (κ3) is 4.82. The second-order valence-corrected chi connectivity index (χ2v) is 3.28. The van der Waals surface area contributed by atoms with Gasteiger partial charge in [-0.2, -0.15) is 0 Å². The third-order valence-corrected chi connectivity index (χ3v) is 2.01. The fraction of sp³-hybridized carbons (Fsp3) is 0.889. The summed E-state index contributed by atoms with van der Waals surface area (Å²) in [5.41, 5.74) is 0. The highest BCUT2D eigenvalue weighted by Gasteiger charge is 2.19. The Kier molecular flexibility index (Phi) is 3.40. The average Bonchev–Trinajstić information content (AvgIpc) is 2.70. The van der Waals surface area contributed by atoms with Gasteiger partial charge in [-0.3, -0.25) is 4.79 Å². The summed E-state index contributed by atoms with van der Waals surface area (Å²) in [6, 6.07) is 0. The highest BCUT2D eigenvalue weighted by Crippen LogP contribution is 2.33. The van der Waals surface area contributed by atoms with Gasteiger partial charge in [-0.05, 0) is 18.8 Å². The lowest BCUT2D eigenvalue weighted by atomic mass is 10.2. The minimum Gasteiger partial charge on any atom is -0.466 e. The second kappa shape index (κ2) is 4.37. The molecule has 11 heavy (non-hydrogen) atoms. The molecule has 0 aromatic rings. The standard InChI is InChI=1S/C9H16O2/c1-8(10)11-7-3-2-4-9-5-6-9/h9H,2-7H2,1H3. The first-order valence-electron chi connectivity index (χ1n) is 4.42. The Hall–Kier alpha value is -0.530. The van der Waals surface area contributed by atoms with Crippen LogP contribution in [0.25, 0.3) is 0 Å². The molecule has 1 aliphatic carbocycles. The predicted molar refractivity (Wildman–Crippen MR) is 43.2 cm³/mol. The van der Waals surface area contributed by atoms with Gasteiger partial charge >= 0.3 is 5.97 Å². The van der Waals surface area contributed by atoms with E-state index in [0.29, 0.717) is 6.61 Å². The molecule has 0 radical (unpaired) electrons. The molecule has 2 heteroatoms. The summed E-state index contributed by atoms with van der Waals surface area (Å²) in [7, 11) is 0. The van der Waals surface area contributed by atoms with E-state index in [-0.39, 0.29) is 5.97 Å². The monoisotopic (exact) mass is 156 g/mol. The Labute approximate surface area is 67.9 Å². The van der Waals surface area contributed by atoms with Gasteiger partial charge in [0.05, 0.1) is 6.61 Å². The maximum Gasteiger partial charge on any atom is 0.302 e. The van der Waals surface area contributed by atoms with E-state index >= 15 is 0 Å². The van der Waals surface area contributed by atoms with Crippen LogP contribution in [0.4, 0.5) is 0 Å². The van der Waals surface area contributed by atoms with Crippen LogP contribution in [0.1, 0.15) is 39.0 Å². The number of hydrogen-bond acceptors (Lipinski definition) is 2. The maximum atomic E-state index is 10.3. The van der Waals surface area contributed by atoms with Crippen LogP contribution in [0.2, 0.25) is 0 Å². The van der Waals surface area contributed by atoms with E-state index in [0.717, 1.165) is 12.3 Å². The first-order valence-corrected chi connectivity index (χ1v) is 4.42. The Morgan fingerprint density at radius 1 is 1.45 bits per heavy atom. The minimum absolute atomic E-state index is 0.156. The summed E-state index contributed by atoms with van der Waals surface area (Å²) in [6.45, 7) is 2.07. The molecular weight excluding hydrogens is 140 g/mol. The van der Waals surface area contributed by atoms with Crippen LogP contribution < -0.4 is 0 Å². The van der Waals surface area contributed by atoms with Crippen molar-refractivity contribution in [2.45, 2.75) is 39.0 Å². The Bertz CT molecular complexity index is 128. The van der Waals surface area contributed by atoms with E-state index < -0.39 is 0 Å². The van der Waals surface area contributed by atoms with Gasteiger partial charge in [0.1, 0.15) is 0 Å². The zero-order valence-electron chi connectivity index (χ0n) is 7.14. The van der Waals surface area contributed by atoms with Crippen LogP contribution in [-0.2, 0) is 9.53 Å². The highest BCUT2D eigenvalue weighted by molar-refractivity contribution is 5.65. The zero-order valence-corrected chi connectivity index (χ0v) is 7.14. The van der Waals surface area contributed by atoms with Crippen molar-refractivity contribution in [2.75, 3.05) is 6.61 Å². The molecule has 0 spiro atoms. The average molecular weight is 156 g/mol. The minimum atomic E-state index is -0.156. The molecule has 0 unspecified atom stereocenters. The summed E-state index contributed by atoms with van der Waals surface area (Å²) in [5, 5.41) is 0. The summed E-state index contributed by atoms with van der Waals surface area (Å²) in [5.74, 6) is 0.851. The summed E-state index contributed by atoms with van der Waals surface area (Å²) >= 11 is 0. The predicted octanol–water partition coefficient (Wildman–Crippen LogP) is 2.13. The van der Waals surface area contributed by atoms with Gasteiger partial charge in [0.15, 0.2) is 0 Å². The summed E-state index contributed by atoms with van der Waals surface area (Å²) in [6.07, 6.45) is 6.44. The first-order chi connectivity index (χ1) is 5.29. The fourth-order valence-electron chi connectivity index (χ4n) is 1.16. The largest absolute Gasteiger partial charge is 0.466 e. The molecule has 1 fully saturated rings. The third-order valence-electron chi connectivity index (χ3n) is 2.01. The van der Waals surface area contributed by atoms with Crippen molar-refractivity contribution >= 4 is 5.97 Å². The Morgan fingerprint density at radius 2 is 2.18 bits per heavy atom. The molecule has 1 saturated carbocycles. The molecule has 0 N–H and O–H groups in total. The van der Waals surface area contributed by atoms with E-state index in [4.69, 9.17) is 4.74 Å². The SMILES string of the molecule is CC(=O)OCCCCC1CC1. The van der Waals surface area contributed by atoms with Crippen LogP contribution in [0, 0.1) is 5.92 Å². The number of carbonyl (C=O) groups is 1. The number of ether oxygens (including phenoxy) is 1. The van der Waals surface area contributed by atoms with Crippen LogP contribution in [0.5, 0.6) is 0 Å². The molecule has 1 rings (SSSR count). The van der Waals surface area contributed by atoms with E-state index in [1.165, 1.54) is 32.6 Å². The Balaban J connectivity index is 1.76. The van der Waals surface area contributed by atoms with Gasteiger partial charge in [-0.15, -0.1) is 0 Å². The highest BCUT2D eigenvalue weighted by atomic mass is 16.5. The van der Waals surface area contributed by atoms with Gasteiger partial charge < -0.3 is 4.74 Å². The van der Waals surface area contributed by atoms with Crippen molar-refractivity contribution in [1.29, 1.82) is 0 Å². The van der Waals surface area contributed by atoms with Crippen LogP contribution in [-0.4, -0.2) is 12.6 Å². The molecule has 0 bridgehead atoms. The molecule has 64 valence electrons. The van der Waals surface area contributed by atoms with E-state index in [2.05, 4.69) is 0 Å². The molecule has 0 aliphatic heterocycles. The topological polar surface area (TPSA) is 26.3 Å². The number of rotatable bonds is 5. The molecule has 0 aromatic heterocycles. The van der Waals surface area contributed by atoms with Crippen molar-refractivity contribution in [2.24, 2.45) is 5.92 Å². The van der Waals surface area contributed by atoms with E-state index in [1.54, 1.807) is 0 Å². The summed E-state index contributed by atoms with van der Waals surface area (Å²) in [4.78, 5) is 10.3. The van der Waals surface area contributed by atoms with Gasteiger partial charge in [0, 0.05) is 6.92 Å². The fourth-order valence-corrected chi connectivity index (χ4v) is 1.16. The quantitative estimate of drug-likeness (QED) is 0.450. The number of hydrogen-bond donors (Lipinski definition) is 0. The molecule has 0 amide bonds. The number of unbranched alkanes of at least 4 members (excludes halogenated alkanes) is 1. The van der Waals surface area contributed by atoms with Crippen molar-refractivity contribution in [3.8, 4) is 0 Å². The molecule has 1 aliphatic rings. The van der Waals surface area contributed by atoms with E-state index in [9.17, 15) is 4.79 Å². The normalized spacial score (nSPS) is 16.5. The van der Waals surface area contributed by atoms with Gasteiger partial charge in [-0.25, -0.2) is 0 Å². The second-order valence-electron chi connectivity index (χ2n) is 3.28. The Morgan fingerprint density at radius 3 is 2.73 bits per heavy atom. The van der Waals surface area contributed by atoms with E-state index in [1.807, 2.05) is 0 Å². The van der Waals surface area contributed by atoms with Crippen molar-refractivity contribution < 1.29 is 9.53 Å². The molecule has 0 atom stereocenters. The summed E-state index contributed by atoms with van der Waals surface area (Å²) < 4.78 is 4.81. The smallest absolute Gasteiger partial charge is 0.302 e. The van der Waals surface area contributed by atoms with Crippen molar-refractivity contribution in [1.82, 2.24) is 0 Å². The van der Waals surface area contributed by atoms with Gasteiger partial charge in [0.2, 0.25) is 0 Å². The number of carbonyl (C=O) groups excluding carboxylic acids is 1. The first kappa shape index (κ1) is 8.57. The lowest BCUT2D eigenvalue weighted by Gasteiger charge is -2.00. The van der Waals surface area contributed by atoms with Crippen LogP contribution in [0.15, 0.2) is 0 Å². The lowest BCUT2D eigenvalue weighted by molar-refractivity contribution is -0.141. The van der Waals surface area contributed by atoms with Gasteiger partial charge in [0.25, 0.3) is 0 Å². The lowest BCUT2D eigenvalue weighted by Crippen LogP contribution is -2.00. The van der Waals surface area contributed by atoms with Crippen molar-refractivity contribution in [3.05, 3.63) is 0 Å². The molecule has 2 nitrogen and oxygen atoms in total. The zero-order chi connectivity index (χ0) is 8.10. The molecular formula is C9H16O2. The van der Waals surface area contributed by atoms with Crippen molar-refractivity contribution in [3.63, 3.8) is 0 Å². The van der Waals surface area contributed by atoms with Gasteiger partial charge in [-0.1, -0.05) is 19.3 Å². The molecule has 0 saturated heterocycles. The molecule has 0 aromatic carbocycles. The van der Waals surface area contributed by atoms with Crippen LogP contribution >= 0.6 is 0 Å². The molecule has 0 heterocycles. The van der Waals surface area contributed by atoms with Crippen LogP contribution in [0.3, 0.4) is 0 Å². The number of esters is 1. The maximum absolute atomic E-state index is 10.3.